The Morgan fingerprint density at radius 3 is 2.77 bits per heavy atom. The van der Waals surface area contributed by atoms with Crippen molar-refractivity contribution >= 4 is 5.69 Å². The molecule has 0 unspecified atom stereocenters. The van der Waals surface area contributed by atoms with Crippen LogP contribution < -0.4 is 5.73 Å². The fourth-order valence-corrected chi connectivity index (χ4v) is 1.41. The first-order valence-electron chi connectivity index (χ1n) is 4.52. The molecule has 2 N–H and O–H groups in total. The smallest absolute Gasteiger partial charge is 0.0625 e. The van der Waals surface area contributed by atoms with Gasteiger partial charge in [-0.15, -0.1) is 0 Å². The van der Waals surface area contributed by atoms with Crippen molar-refractivity contribution in [3.63, 3.8) is 0 Å². The summed E-state index contributed by atoms with van der Waals surface area (Å²) in [7, 11) is 0. The van der Waals surface area contributed by atoms with E-state index in [0.29, 0.717) is 6.42 Å². The zero-order valence-electron chi connectivity index (χ0n) is 7.88. The van der Waals surface area contributed by atoms with E-state index in [9.17, 15) is 0 Å². The van der Waals surface area contributed by atoms with E-state index in [2.05, 4.69) is 13.0 Å². The molecular formula is C11H14N2. The molecule has 0 spiro atoms. The van der Waals surface area contributed by atoms with Crippen LogP contribution in [-0.4, -0.2) is 0 Å². The molecule has 1 rings (SSSR count). The fourth-order valence-electron chi connectivity index (χ4n) is 1.41. The summed E-state index contributed by atoms with van der Waals surface area (Å²) in [4.78, 5) is 0. The minimum atomic E-state index is 0.580. The zero-order chi connectivity index (χ0) is 9.68. The van der Waals surface area contributed by atoms with Crippen LogP contribution in [0.15, 0.2) is 18.2 Å². The van der Waals surface area contributed by atoms with E-state index in [0.717, 1.165) is 18.5 Å². The molecule has 0 aliphatic carbocycles. The van der Waals surface area contributed by atoms with Crippen LogP contribution >= 0.6 is 0 Å². The molecule has 0 aliphatic heterocycles. The Morgan fingerprint density at radius 1 is 1.38 bits per heavy atom. The van der Waals surface area contributed by atoms with E-state index in [1.54, 1.807) is 0 Å². The predicted molar refractivity (Wildman–Crippen MR) is 54.2 cm³/mol. The third kappa shape index (κ3) is 2.48. The van der Waals surface area contributed by atoms with Crippen LogP contribution in [0.4, 0.5) is 5.69 Å². The highest BCUT2D eigenvalue weighted by Gasteiger charge is 2.00. The summed E-state index contributed by atoms with van der Waals surface area (Å²) in [6, 6.07) is 8.06. The standard InChI is InChI=1S/C11H14N2/c1-2-9-8-11(13)6-5-10(9)4-3-7-12/h5-6,8H,2-4,13H2,1H3. The molecule has 0 aliphatic rings. The minimum absolute atomic E-state index is 0.580. The van der Waals surface area contributed by atoms with Gasteiger partial charge < -0.3 is 5.73 Å². The third-order valence-corrected chi connectivity index (χ3v) is 2.12. The molecular weight excluding hydrogens is 160 g/mol. The third-order valence-electron chi connectivity index (χ3n) is 2.12. The summed E-state index contributed by atoms with van der Waals surface area (Å²) in [6.07, 6.45) is 2.39. The summed E-state index contributed by atoms with van der Waals surface area (Å²) in [6.45, 7) is 2.10. The van der Waals surface area contributed by atoms with Crippen LogP contribution in [-0.2, 0) is 12.8 Å². The van der Waals surface area contributed by atoms with Crippen molar-refractivity contribution in [2.45, 2.75) is 26.2 Å². The van der Waals surface area contributed by atoms with Crippen LogP contribution in [0, 0.1) is 11.3 Å². The summed E-state index contributed by atoms with van der Waals surface area (Å²) >= 11 is 0. The van der Waals surface area contributed by atoms with E-state index < -0.39 is 0 Å². The minimum Gasteiger partial charge on any atom is -0.399 e. The molecule has 0 atom stereocenters. The van der Waals surface area contributed by atoms with Crippen molar-refractivity contribution < 1.29 is 0 Å². The van der Waals surface area contributed by atoms with Gasteiger partial charge in [0.15, 0.2) is 0 Å². The predicted octanol–water partition coefficient (Wildman–Crippen LogP) is 2.29. The first kappa shape index (κ1) is 9.60. The highest BCUT2D eigenvalue weighted by Crippen LogP contribution is 2.15. The lowest BCUT2D eigenvalue weighted by molar-refractivity contribution is 0.969. The Morgan fingerprint density at radius 2 is 2.15 bits per heavy atom. The summed E-state index contributed by atoms with van der Waals surface area (Å²) in [5.41, 5.74) is 8.98. The molecule has 0 amide bonds. The Bertz CT molecular complexity index is 323. The topological polar surface area (TPSA) is 49.8 Å². The second kappa shape index (κ2) is 4.51. The lowest BCUT2D eigenvalue weighted by Crippen LogP contribution is -1.95. The monoisotopic (exact) mass is 174 g/mol. The highest BCUT2D eigenvalue weighted by molar-refractivity contribution is 5.44. The van der Waals surface area contributed by atoms with Crippen molar-refractivity contribution in [3.05, 3.63) is 29.3 Å². The van der Waals surface area contributed by atoms with E-state index in [4.69, 9.17) is 11.0 Å². The van der Waals surface area contributed by atoms with E-state index in [1.807, 2.05) is 18.2 Å². The molecule has 0 fully saturated rings. The van der Waals surface area contributed by atoms with Crippen LogP contribution in [0.3, 0.4) is 0 Å². The second-order valence-electron chi connectivity index (χ2n) is 3.04. The van der Waals surface area contributed by atoms with Crippen LogP contribution in [0.1, 0.15) is 24.5 Å². The number of nitriles is 1. The normalized spacial score (nSPS) is 9.54. The van der Waals surface area contributed by atoms with Gasteiger partial charge in [0.1, 0.15) is 0 Å². The average Bonchev–Trinajstić information content (AvgIpc) is 2.16. The highest BCUT2D eigenvalue weighted by atomic mass is 14.5. The molecule has 13 heavy (non-hydrogen) atoms. The summed E-state index contributed by atoms with van der Waals surface area (Å²) in [5.74, 6) is 0. The van der Waals surface area contributed by atoms with Gasteiger partial charge >= 0.3 is 0 Å². The zero-order valence-corrected chi connectivity index (χ0v) is 7.88. The van der Waals surface area contributed by atoms with Crippen molar-refractivity contribution in [2.24, 2.45) is 0 Å². The van der Waals surface area contributed by atoms with E-state index in [-0.39, 0.29) is 0 Å². The quantitative estimate of drug-likeness (QED) is 0.715. The number of anilines is 1. The first-order chi connectivity index (χ1) is 6.27. The number of nitrogens with zero attached hydrogens (tertiary/aromatic N) is 1. The number of hydrogen-bond donors (Lipinski definition) is 1. The molecule has 0 radical (unpaired) electrons. The van der Waals surface area contributed by atoms with Crippen molar-refractivity contribution in [1.29, 1.82) is 5.26 Å². The lowest BCUT2D eigenvalue weighted by Gasteiger charge is -2.06. The largest absolute Gasteiger partial charge is 0.399 e. The van der Waals surface area contributed by atoms with Gasteiger partial charge in [0, 0.05) is 12.1 Å². The molecule has 2 heteroatoms. The molecule has 1 aromatic carbocycles. The Kier molecular flexibility index (Phi) is 3.33. The van der Waals surface area contributed by atoms with Gasteiger partial charge in [-0.2, -0.15) is 5.26 Å². The molecule has 68 valence electrons. The second-order valence-corrected chi connectivity index (χ2v) is 3.04. The molecule has 1 aromatic rings. The number of hydrogen-bond acceptors (Lipinski definition) is 2. The summed E-state index contributed by atoms with van der Waals surface area (Å²) in [5, 5.41) is 8.47. The van der Waals surface area contributed by atoms with Crippen LogP contribution in [0.5, 0.6) is 0 Å². The van der Waals surface area contributed by atoms with E-state index in [1.165, 1.54) is 11.1 Å². The van der Waals surface area contributed by atoms with Crippen molar-refractivity contribution in [2.75, 3.05) is 5.73 Å². The molecule has 0 saturated heterocycles. The van der Waals surface area contributed by atoms with Crippen LogP contribution in [0.25, 0.3) is 0 Å². The SMILES string of the molecule is CCc1cc(N)ccc1CCC#N. The van der Waals surface area contributed by atoms with E-state index >= 15 is 0 Å². The molecule has 0 bridgehead atoms. The van der Waals surface area contributed by atoms with Crippen LogP contribution in [0.2, 0.25) is 0 Å². The average molecular weight is 174 g/mol. The molecule has 0 saturated carbocycles. The van der Waals surface area contributed by atoms with Gasteiger partial charge in [-0.25, -0.2) is 0 Å². The van der Waals surface area contributed by atoms with Crippen molar-refractivity contribution in [1.82, 2.24) is 0 Å². The van der Waals surface area contributed by atoms with Gasteiger partial charge in [0.05, 0.1) is 6.07 Å². The Hall–Kier alpha value is -1.49. The first-order valence-corrected chi connectivity index (χ1v) is 4.52. The maximum absolute atomic E-state index is 8.47. The van der Waals surface area contributed by atoms with Gasteiger partial charge in [0.2, 0.25) is 0 Å². The number of benzene rings is 1. The number of nitrogens with two attached hydrogens (primary N) is 1. The number of nitrogen functional groups attached to an aromatic ring is 1. The van der Waals surface area contributed by atoms with Gasteiger partial charge in [-0.05, 0) is 36.1 Å². The lowest BCUT2D eigenvalue weighted by atomic mass is 10.0. The maximum atomic E-state index is 8.47. The molecule has 2 nitrogen and oxygen atoms in total. The van der Waals surface area contributed by atoms with Gasteiger partial charge in [-0.1, -0.05) is 13.0 Å². The maximum Gasteiger partial charge on any atom is 0.0625 e. The number of rotatable bonds is 3. The fraction of sp³-hybridized carbons (Fsp3) is 0.364. The van der Waals surface area contributed by atoms with Gasteiger partial charge in [-0.3, -0.25) is 0 Å². The Balaban J connectivity index is 2.87. The number of aryl methyl sites for hydroxylation is 2. The molecule has 0 heterocycles. The van der Waals surface area contributed by atoms with Gasteiger partial charge in [0.25, 0.3) is 0 Å². The molecule has 0 aromatic heterocycles. The Labute approximate surface area is 79.0 Å². The summed E-state index contributed by atoms with van der Waals surface area (Å²) < 4.78 is 0. The van der Waals surface area contributed by atoms with Crippen molar-refractivity contribution in [3.8, 4) is 6.07 Å².